The van der Waals surface area contributed by atoms with Crippen molar-refractivity contribution in [2.24, 2.45) is 7.05 Å². The van der Waals surface area contributed by atoms with E-state index in [0.29, 0.717) is 34.4 Å². The summed E-state index contributed by atoms with van der Waals surface area (Å²) >= 11 is 5.13. The molecule has 2 aromatic carbocycles. The van der Waals surface area contributed by atoms with E-state index in [2.05, 4.69) is 43.2 Å². The maximum atomic E-state index is 12.4. The van der Waals surface area contributed by atoms with E-state index in [4.69, 9.17) is 17.0 Å². The lowest BCUT2D eigenvalue weighted by molar-refractivity contribution is 0.0947. The van der Waals surface area contributed by atoms with Crippen molar-refractivity contribution in [1.29, 1.82) is 0 Å². The first kappa shape index (κ1) is 20.8. The molecule has 1 heterocycles. The highest BCUT2D eigenvalue weighted by molar-refractivity contribution is 7.71. The topological polar surface area (TPSA) is 76.1 Å². The maximum Gasteiger partial charge on any atom is 0.261 e. The van der Waals surface area contributed by atoms with Crippen LogP contribution < -0.4 is 15.6 Å². The van der Waals surface area contributed by atoms with Crippen LogP contribution in [0, 0.1) is 4.77 Å². The summed E-state index contributed by atoms with van der Waals surface area (Å²) in [5.74, 6) is 0.528. The van der Waals surface area contributed by atoms with Crippen LogP contribution in [0.2, 0.25) is 0 Å². The molecule has 0 bridgehead atoms. The van der Waals surface area contributed by atoms with E-state index in [0.717, 1.165) is 5.75 Å². The molecule has 0 saturated heterocycles. The Hall–Kier alpha value is -2.93. The number of aromatic amines is 1. The van der Waals surface area contributed by atoms with Crippen LogP contribution in [0.1, 0.15) is 36.7 Å². The summed E-state index contributed by atoms with van der Waals surface area (Å²) < 4.78 is 7.37. The van der Waals surface area contributed by atoms with Crippen LogP contribution in [0.4, 0.5) is 0 Å². The van der Waals surface area contributed by atoms with Crippen molar-refractivity contribution in [2.45, 2.75) is 26.2 Å². The Labute approximate surface area is 174 Å². The second-order valence-electron chi connectivity index (χ2n) is 7.93. The molecule has 1 amide bonds. The third kappa shape index (κ3) is 4.74. The molecule has 0 fully saturated rings. The van der Waals surface area contributed by atoms with Gasteiger partial charge in [-0.25, -0.2) is 0 Å². The van der Waals surface area contributed by atoms with Crippen molar-refractivity contribution in [3.63, 3.8) is 0 Å². The average molecular weight is 412 g/mol. The third-order valence-corrected chi connectivity index (χ3v) is 5.12. The second-order valence-corrected chi connectivity index (χ2v) is 8.32. The van der Waals surface area contributed by atoms with Gasteiger partial charge in [-0.1, -0.05) is 32.9 Å². The molecule has 0 unspecified atom stereocenters. The average Bonchev–Trinajstić information content (AvgIpc) is 2.68. The van der Waals surface area contributed by atoms with Crippen LogP contribution in [0.25, 0.3) is 10.9 Å². The van der Waals surface area contributed by atoms with Crippen LogP contribution >= 0.6 is 12.2 Å². The molecule has 3 rings (SSSR count). The standard InChI is InChI=1S/C22H25N3O3S/c1-22(2,3)15-6-8-16(9-7-15)28-12-11-23-19(26)14-5-10-17-18(13-14)24-21(29)25(4)20(17)27/h5-10,13H,11-12H2,1-4H3,(H,23,26)(H,24,29). The van der Waals surface area contributed by atoms with E-state index >= 15 is 0 Å². The molecule has 0 aliphatic rings. The number of carbonyl (C=O) groups excluding carboxylic acids is 1. The molecule has 0 atom stereocenters. The quantitative estimate of drug-likeness (QED) is 0.496. The number of nitrogens with one attached hydrogen (secondary N) is 2. The van der Waals surface area contributed by atoms with E-state index in [1.165, 1.54) is 10.1 Å². The number of hydrogen-bond donors (Lipinski definition) is 2. The fourth-order valence-corrected chi connectivity index (χ4v) is 3.13. The molecule has 0 spiro atoms. The summed E-state index contributed by atoms with van der Waals surface area (Å²) in [4.78, 5) is 27.6. The summed E-state index contributed by atoms with van der Waals surface area (Å²) in [5, 5.41) is 3.31. The highest BCUT2D eigenvalue weighted by atomic mass is 32.1. The molecule has 3 aromatic rings. The molecule has 29 heavy (non-hydrogen) atoms. The second kappa shape index (κ2) is 8.21. The van der Waals surface area contributed by atoms with Gasteiger partial charge in [-0.05, 0) is 53.5 Å². The minimum Gasteiger partial charge on any atom is -0.492 e. The smallest absolute Gasteiger partial charge is 0.261 e. The van der Waals surface area contributed by atoms with Crippen molar-refractivity contribution < 1.29 is 9.53 Å². The van der Waals surface area contributed by atoms with Crippen LogP contribution in [0.5, 0.6) is 5.75 Å². The molecule has 0 aliphatic carbocycles. The summed E-state index contributed by atoms with van der Waals surface area (Å²) in [6, 6.07) is 12.9. The zero-order valence-corrected chi connectivity index (χ0v) is 17.9. The van der Waals surface area contributed by atoms with Gasteiger partial charge in [0.25, 0.3) is 11.5 Å². The van der Waals surface area contributed by atoms with Gasteiger partial charge in [0.15, 0.2) is 4.77 Å². The first-order chi connectivity index (χ1) is 13.7. The number of amides is 1. The molecule has 1 aromatic heterocycles. The van der Waals surface area contributed by atoms with E-state index in [9.17, 15) is 9.59 Å². The molecular formula is C22H25N3O3S. The van der Waals surface area contributed by atoms with E-state index in [1.54, 1.807) is 25.2 Å². The van der Waals surface area contributed by atoms with Crippen LogP contribution in [-0.4, -0.2) is 28.6 Å². The number of fused-ring (bicyclic) bond motifs is 1. The Morgan fingerprint density at radius 2 is 1.86 bits per heavy atom. The first-order valence-corrected chi connectivity index (χ1v) is 9.82. The lowest BCUT2D eigenvalue weighted by atomic mass is 9.87. The van der Waals surface area contributed by atoms with Crippen LogP contribution in [-0.2, 0) is 12.5 Å². The summed E-state index contributed by atoms with van der Waals surface area (Å²) in [6.45, 7) is 7.21. The zero-order chi connectivity index (χ0) is 21.2. The number of benzene rings is 2. The number of rotatable bonds is 5. The fraction of sp³-hybridized carbons (Fsp3) is 0.318. The monoisotopic (exact) mass is 411 g/mol. The SMILES string of the molecule is Cn1c(=S)[nH]c2cc(C(=O)NCCOc3ccc(C(C)(C)C)cc3)ccc2c1=O. The van der Waals surface area contributed by atoms with E-state index < -0.39 is 0 Å². The van der Waals surface area contributed by atoms with Gasteiger partial charge < -0.3 is 15.0 Å². The molecule has 7 heteroatoms. The fourth-order valence-electron chi connectivity index (χ4n) is 2.93. The largest absolute Gasteiger partial charge is 0.492 e. The number of carbonyl (C=O) groups is 1. The Bertz CT molecular complexity index is 1160. The third-order valence-electron chi connectivity index (χ3n) is 4.74. The van der Waals surface area contributed by atoms with Crippen LogP contribution in [0.15, 0.2) is 47.3 Å². The maximum absolute atomic E-state index is 12.4. The molecule has 0 radical (unpaired) electrons. The zero-order valence-electron chi connectivity index (χ0n) is 17.0. The van der Waals surface area contributed by atoms with Crippen molar-refractivity contribution in [3.8, 4) is 5.75 Å². The van der Waals surface area contributed by atoms with Crippen LogP contribution in [0.3, 0.4) is 0 Å². The van der Waals surface area contributed by atoms with Gasteiger partial charge in [0.2, 0.25) is 0 Å². The molecule has 0 saturated carbocycles. The first-order valence-electron chi connectivity index (χ1n) is 9.41. The molecule has 0 aliphatic heterocycles. The van der Waals surface area contributed by atoms with Gasteiger partial charge in [0.1, 0.15) is 12.4 Å². The Balaban J connectivity index is 1.59. The Morgan fingerprint density at radius 1 is 1.17 bits per heavy atom. The highest BCUT2D eigenvalue weighted by Gasteiger charge is 2.13. The van der Waals surface area contributed by atoms with Gasteiger partial charge in [0.05, 0.1) is 17.4 Å². The summed E-state index contributed by atoms with van der Waals surface area (Å²) in [6.07, 6.45) is 0. The number of nitrogens with zero attached hydrogens (tertiary/aromatic N) is 1. The van der Waals surface area contributed by atoms with E-state index in [-0.39, 0.29) is 16.9 Å². The Morgan fingerprint density at radius 3 is 2.52 bits per heavy atom. The number of hydrogen-bond acceptors (Lipinski definition) is 4. The summed E-state index contributed by atoms with van der Waals surface area (Å²) in [7, 11) is 1.61. The molecular weight excluding hydrogens is 386 g/mol. The lowest BCUT2D eigenvalue weighted by Gasteiger charge is -2.19. The van der Waals surface area contributed by atoms with Crippen molar-refractivity contribution in [3.05, 3.63) is 68.7 Å². The molecule has 2 N–H and O–H groups in total. The Kier molecular flexibility index (Phi) is 5.88. The highest BCUT2D eigenvalue weighted by Crippen LogP contribution is 2.24. The molecule has 6 nitrogen and oxygen atoms in total. The summed E-state index contributed by atoms with van der Waals surface area (Å²) in [5.41, 5.74) is 2.14. The van der Waals surface area contributed by atoms with Gasteiger partial charge >= 0.3 is 0 Å². The number of aromatic nitrogens is 2. The number of ether oxygens (including phenoxy) is 1. The predicted molar refractivity (Wildman–Crippen MR) is 117 cm³/mol. The normalized spacial score (nSPS) is 11.4. The van der Waals surface area contributed by atoms with Gasteiger partial charge in [0, 0.05) is 12.6 Å². The minimum atomic E-state index is -0.237. The van der Waals surface area contributed by atoms with Gasteiger partial charge in [-0.2, -0.15) is 0 Å². The number of H-pyrrole nitrogens is 1. The predicted octanol–water partition coefficient (Wildman–Crippen LogP) is 3.70. The van der Waals surface area contributed by atoms with Gasteiger partial charge in [-0.15, -0.1) is 0 Å². The lowest BCUT2D eigenvalue weighted by Crippen LogP contribution is -2.28. The van der Waals surface area contributed by atoms with Crippen molar-refractivity contribution in [2.75, 3.05) is 13.2 Å². The van der Waals surface area contributed by atoms with Crippen molar-refractivity contribution in [1.82, 2.24) is 14.9 Å². The van der Waals surface area contributed by atoms with E-state index in [1.807, 2.05) is 12.1 Å². The van der Waals surface area contributed by atoms with Crippen molar-refractivity contribution >= 4 is 29.0 Å². The van der Waals surface area contributed by atoms with Gasteiger partial charge in [-0.3, -0.25) is 14.2 Å². The minimum absolute atomic E-state index is 0.0972. The molecule has 152 valence electrons.